The van der Waals surface area contributed by atoms with Gasteiger partial charge in [-0.1, -0.05) is 32.4 Å². The average Bonchev–Trinajstić information content (AvgIpc) is 1.91. The minimum Gasteiger partial charge on any atom is -0.300 e. The summed E-state index contributed by atoms with van der Waals surface area (Å²) in [4.78, 5) is 10.9. The van der Waals surface area contributed by atoms with E-state index in [4.69, 9.17) is 0 Å². The fraction of sp³-hybridized carbons (Fsp3) is 0.727. The van der Waals surface area contributed by atoms with Gasteiger partial charge in [-0.15, -0.1) is 0 Å². The second kappa shape index (κ2) is 3.42. The van der Waals surface area contributed by atoms with Crippen molar-refractivity contribution in [1.29, 1.82) is 0 Å². The Morgan fingerprint density at radius 1 is 1.08 bits per heavy atom. The van der Waals surface area contributed by atoms with Crippen molar-refractivity contribution in [2.24, 2.45) is 5.41 Å². The fourth-order valence-corrected chi connectivity index (χ4v) is 1.61. The number of Topliss-reactive ketones (excluding diaryl/α,β-unsaturated/α-hetero) is 1. The Morgan fingerprint density at radius 2 is 1.58 bits per heavy atom. The molecule has 68 valence electrons. The van der Waals surface area contributed by atoms with Crippen molar-refractivity contribution in [1.82, 2.24) is 0 Å². The second-order valence-electron chi connectivity index (χ2n) is 4.71. The number of hydrogen-bond acceptors (Lipinski definition) is 1. The summed E-state index contributed by atoms with van der Waals surface area (Å²) in [5.41, 5.74) is 1.75. The molecule has 1 rings (SSSR count). The molecule has 0 unspecified atom stereocenters. The van der Waals surface area contributed by atoms with E-state index in [1.807, 2.05) is 0 Å². The van der Waals surface area contributed by atoms with Crippen molar-refractivity contribution >= 4 is 5.78 Å². The SMILES string of the molecule is CC(C)(C)C=C1CCC(=O)CC1. The van der Waals surface area contributed by atoms with Crippen LogP contribution in [0.3, 0.4) is 0 Å². The van der Waals surface area contributed by atoms with Crippen LogP contribution in [0.15, 0.2) is 11.6 Å². The molecule has 0 amide bonds. The van der Waals surface area contributed by atoms with Crippen molar-refractivity contribution in [3.8, 4) is 0 Å². The Kier molecular flexibility index (Phi) is 2.71. The first-order valence-electron chi connectivity index (χ1n) is 4.70. The highest BCUT2D eigenvalue weighted by Crippen LogP contribution is 2.26. The largest absolute Gasteiger partial charge is 0.300 e. The van der Waals surface area contributed by atoms with E-state index in [9.17, 15) is 4.79 Å². The van der Waals surface area contributed by atoms with E-state index in [0.717, 1.165) is 25.7 Å². The quantitative estimate of drug-likeness (QED) is 0.505. The molecule has 1 fully saturated rings. The molecule has 0 bridgehead atoms. The minimum absolute atomic E-state index is 0.274. The van der Waals surface area contributed by atoms with Crippen LogP contribution in [-0.4, -0.2) is 5.78 Å². The first kappa shape index (κ1) is 9.50. The summed E-state index contributed by atoms with van der Waals surface area (Å²) < 4.78 is 0. The lowest BCUT2D eigenvalue weighted by molar-refractivity contribution is -0.119. The van der Waals surface area contributed by atoms with E-state index >= 15 is 0 Å². The Bertz CT molecular complexity index is 194. The zero-order chi connectivity index (χ0) is 9.19. The maximum Gasteiger partial charge on any atom is 0.133 e. The number of allylic oxidation sites excluding steroid dienone is 2. The maximum absolute atomic E-state index is 10.9. The van der Waals surface area contributed by atoms with Crippen molar-refractivity contribution in [3.63, 3.8) is 0 Å². The molecular formula is C11H18O. The van der Waals surface area contributed by atoms with E-state index in [0.29, 0.717) is 5.78 Å². The number of hydrogen-bond donors (Lipinski definition) is 0. The molecule has 0 saturated heterocycles. The number of carbonyl (C=O) groups excluding carboxylic acids is 1. The standard InChI is InChI=1S/C11H18O/c1-11(2,3)8-9-4-6-10(12)7-5-9/h8H,4-7H2,1-3H3. The molecule has 0 spiro atoms. The summed E-state index contributed by atoms with van der Waals surface area (Å²) in [5.74, 6) is 0.432. The van der Waals surface area contributed by atoms with Gasteiger partial charge in [-0.2, -0.15) is 0 Å². The molecule has 12 heavy (non-hydrogen) atoms. The van der Waals surface area contributed by atoms with Gasteiger partial charge >= 0.3 is 0 Å². The van der Waals surface area contributed by atoms with Crippen LogP contribution in [0.4, 0.5) is 0 Å². The van der Waals surface area contributed by atoms with Crippen LogP contribution in [0, 0.1) is 5.41 Å². The Morgan fingerprint density at radius 3 is 2.00 bits per heavy atom. The molecule has 1 nitrogen and oxygen atoms in total. The average molecular weight is 166 g/mol. The predicted molar refractivity (Wildman–Crippen MR) is 51.0 cm³/mol. The Balaban J connectivity index is 2.55. The number of rotatable bonds is 0. The summed E-state index contributed by atoms with van der Waals surface area (Å²) in [6.07, 6.45) is 5.84. The summed E-state index contributed by atoms with van der Waals surface area (Å²) in [6.45, 7) is 6.61. The van der Waals surface area contributed by atoms with Gasteiger partial charge in [0.05, 0.1) is 0 Å². The predicted octanol–water partition coefficient (Wildman–Crippen LogP) is 3.10. The zero-order valence-electron chi connectivity index (χ0n) is 8.31. The molecule has 0 N–H and O–H groups in total. The molecule has 0 aromatic carbocycles. The smallest absolute Gasteiger partial charge is 0.133 e. The van der Waals surface area contributed by atoms with Crippen LogP contribution in [0.25, 0.3) is 0 Å². The molecule has 0 atom stereocenters. The molecule has 0 aliphatic heterocycles. The van der Waals surface area contributed by atoms with Crippen LogP contribution in [-0.2, 0) is 4.79 Å². The molecule has 1 aliphatic carbocycles. The van der Waals surface area contributed by atoms with Crippen LogP contribution < -0.4 is 0 Å². The van der Waals surface area contributed by atoms with E-state index in [-0.39, 0.29) is 5.41 Å². The highest BCUT2D eigenvalue weighted by molar-refractivity contribution is 5.80. The van der Waals surface area contributed by atoms with Crippen molar-refractivity contribution < 1.29 is 4.79 Å². The van der Waals surface area contributed by atoms with Gasteiger partial charge in [-0.3, -0.25) is 4.79 Å². The van der Waals surface area contributed by atoms with Crippen LogP contribution in [0.1, 0.15) is 46.5 Å². The molecule has 1 heteroatoms. The molecule has 0 aromatic heterocycles. The number of ketones is 1. The van der Waals surface area contributed by atoms with Gasteiger partial charge in [0.15, 0.2) is 0 Å². The molecular weight excluding hydrogens is 148 g/mol. The third kappa shape index (κ3) is 3.21. The number of carbonyl (C=O) groups is 1. The highest BCUT2D eigenvalue weighted by Gasteiger charge is 2.15. The van der Waals surface area contributed by atoms with Crippen LogP contribution in [0.2, 0.25) is 0 Å². The van der Waals surface area contributed by atoms with Gasteiger partial charge in [0.1, 0.15) is 5.78 Å². The van der Waals surface area contributed by atoms with Gasteiger partial charge in [0.2, 0.25) is 0 Å². The monoisotopic (exact) mass is 166 g/mol. The molecule has 0 heterocycles. The lowest BCUT2D eigenvalue weighted by atomic mass is 9.86. The first-order chi connectivity index (χ1) is 5.47. The lowest BCUT2D eigenvalue weighted by Crippen LogP contribution is -2.09. The summed E-state index contributed by atoms with van der Waals surface area (Å²) in [7, 11) is 0. The third-order valence-corrected chi connectivity index (χ3v) is 2.09. The van der Waals surface area contributed by atoms with Gasteiger partial charge in [0.25, 0.3) is 0 Å². The van der Waals surface area contributed by atoms with Gasteiger partial charge in [-0.25, -0.2) is 0 Å². The third-order valence-electron chi connectivity index (χ3n) is 2.09. The summed E-state index contributed by atoms with van der Waals surface area (Å²) in [6, 6.07) is 0. The van der Waals surface area contributed by atoms with E-state index in [1.54, 1.807) is 0 Å². The van der Waals surface area contributed by atoms with Crippen molar-refractivity contribution in [3.05, 3.63) is 11.6 Å². The normalized spacial score (nSPS) is 19.6. The van der Waals surface area contributed by atoms with E-state index < -0.39 is 0 Å². The summed E-state index contributed by atoms with van der Waals surface area (Å²) >= 11 is 0. The van der Waals surface area contributed by atoms with Gasteiger partial charge in [0, 0.05) is 12.8 Å². The van der Waals surface area contributed by atoms with Crippen molar-refractivity contribution in [2.75, 3.05) is 0 Å². The van der Waals surface area contributed by atoms with Gasteiger partial charge < -0.3 is 0 Å². The van der Waals surface area contributed by atoms with Crippen LogP contribution >= 0.6 is 0 Å². The van der Waals surface area contributed by atoms with E-state index in [2.05, 4.69) is 26.8 Å². The Hall–Kier alpha value is -0.590. The van der Waals surface area contributed by atoms with Crippen LogP contribution in [0.5, 0.6) is 0 Å². The molecule has 0 radical (unpaired) electrons. The zero-order valence-corrected chi connectivity index (χ0v) is 8.31. The first-order valence-corrected chi connectivity index (χ1v) is 4.70. The summed E-state index contributed by atoms with van der Waals surface area (Å²) in [5, 5.41) is 0. The topological polar surface area (TPSA) is 17.1 Å². The van der Waals surface area contributed by atoms with Crippen molar-refractivity contribution in [2.45, 2.75) is 46.5 Å². The Labute approximate surface area is 74.9 Å². The molecule has 1 aliphatic rings. The van der Waals surface area contributed by atoms with E-state index in [1.165, 1.54) is 5.57 Å². The fourth-order valence-electron chi connectivity index (χ4n) is 1.61. The van der Waals surface area contributed by atoms with Gasteiger partial charge in [-0.05, 0) is 18.3 Å². The minimum atomic E-state index is 0.274. The second-order valence-corrected chi connectivity index (χ2v) is 4.71. The highest BCUT2D eigenvalue weighted by atomic mass is 16.1. The molecule has 0 aromatic rings. The maximum atomic E-state index is 10.9. The lowest BCUT2D eigenvalue weighted by Gasteiger charge is -2.19. The molecule has 1 saturated carbocycles.